The Labute approximate surface area is 81.7 Å². The van der Waals surface area contributed by atoms with Gasteiger partial charge in [0.05, 0.1) is 0 Å². The quantitative estimate of drug-likeness (QED) is 0.539. The van der Waals surface area contributed by atoms with Gasteiger partial charge in [0.15, 0.2) is 0 Å². The van der Waals surface area contributed by atoms with Gasteiger partial charge in [0, 0.05) is 0 Å². The van der Waals surface area contributed by atoms with Crippen LogP contribution in [0.5, 0.6) is 0 Å². The molecule has 1 heterocycles. The van der Waals surface area contributed by atoms with Crippen LogP contribution in [0.15, 0.2) is 10.8 Å². The van der Waals surface area contributed by atoms with Gasteiger partial charge in [0.2, 0.25) is 0 Å². The van der Waals surface area contributed by atoms with E-state index in [9.17, 15) is 0 Å². The number of fused-ring (bicyclic) bond motifs is 1. The third-order valence-electron chi connectivity index (χ3n) is 3.87. The summed E-state index contributed by atoms with van der Waals surface area (Å²) in [6, 6.07) is 0. The predicted octanol–water partition coefficient (Wildman–Crippen LogP) is 3.60. The van der Waals surface area contributed by atoms with Gasteiger partial charge >= 0.3 is 81.1 Å². The van der Waals surface area contributed by atoms with Crippen LogP contribution in [-0.4, -0.2) is 13.7 Å². The number of allylic oxidation sites excluding steroid dienone is 1. The fourth-order valence-electron chi connectivity index (χ4n) is 2.67. The van der Waals surface area contributed by atoms with Gasteiger partial charge in [0.1, 0.15) is 0 Å². The molecule has 0 spiro atoms. The molecule has 2 aliphatic rings. The standard InChI is InChI=1S/C11H21OSi/c1-9-10-7-5-6-8-11(10)12-13(9,2,3)4/h11H,5-8H2,1-4H3/q-1. The van der Waals surface area contributed by atoms with Crippen molar-refractivity contribution in [3.63, 3.8) is 0 Å². The van der Waals surface area contributed by atoms with E-state index in [1.807, 2.05) is 0 Å². The Morgan fingerprint density at radius 3 is 2.54 bits per heavy atom. The van der Waals surface area contributed by atoms with E-state index < -0.39 is 7.59 Å². The van der Waals surface area contributed by atoms with Crippen molar-refractivity contribution in [2.24, 2.45) is 0 Å². The van der Waals surface area contributed by atoms with E-state index in [1.165, 1.54) is 25.7 Å². The molecule has 2 heteroatoms. The molecule has 13 heavy (non-hydrogen) atoms. The monoisotopic (exact) mass is 197 g/mol. The molecular formula is C11H21OSi-. The van der Waals surface area contributed by atoms with Crippen molar-refractivity contribution in [3.05, 3.63) is 10.8 Å². The maximum atomic E-state index is 6.33. The number of rotatable bonds is 0. The van der Waals surface area contributed by atoms with Crippen molar-refractivity contribution in [3.8, 4) is 0 Å². The average molecular weight is 197 g/mol. The maximum absolute atomic E-state index is 6.33. The van der Waals surface area contributed by atoms with Crippen LogP contribution in [0.4, 0.5) is 0 Å². The van der Waals surface area contributed by atoms with Crippen molar-refractivity contribution in [1.29, 1.82) is 0 Å². The predicted molar refractivity (Wildman–Crippen MR) is 59.4 cm³/mol. The van der Waals surface area contributed by atoms with Crippen molar-refractivity contribution in [2.45, 2.75) is 58.4 Å². The topological polar surface area (TPSA) is 9.23 Å². The summed E-state index contributed by atoms with van der Waals surface area (Å²) < 4.78 is 6.33. The third-order valence-corrected chi connectivity index (χ3v) is 7.85. The zero-order valence-electron chi connectivity index (χ0n) is 9.31. The van der Waals surface area contributed by atoms with Gasteiger partial charge in [-0.05, 0) is 0 Å². The zero-order valence-corrected chi connectivity index (χ0v) is 10.3. The molecule has 1 fully saturated rings. The Balaban J connectivity index is 2.40. The van der Waals surface area contributed by atoms with Crippen LogP contribution in [0.3, 0.4) is 0 Å². The van der Waals surface area contributed by atoms with Crippen molar-refractivity contribution < 1.29 is 4.43 Å². The summed E-state index contributed by atoms with van der Waals surface area (Å²) in [7, 11) is -2.11. The van der Waals surface area contributed by atoms with Gasteiger partial charge in [-0.3, -0.25) is 0 Å². The molecule has 0 aromatic rings. The summed E-state index contributed by atoms with van der Waals surface area (Å²) in [5, 5.41) is 1.63. The van der Waals surface area contributed by atoms with Crippen molar-refractivity contribution in [2.75, 3.05) is 0 Å². The SMILES string of the molecule is CC1=C2CCCCC2O[Si-]1(C)(C)C. The van der Waals surface area contributed by atoms with Gasteiger partial charge in [-0.2, -0.15) is 0 Å². The zero-order chi connectivity index (χ0) is 9.71. The second kappa shape index (κ2) is 2.48. The molecule has 1 atom stereocenters. The molecule has 0 bridgehead atoms. The second-order valence-electron chi connectivity index (χ2n) is 5.97. The molecule has 0 saturated heterocycles. The Morgan fingerprint density at radius 2 is 1.92 bits per heavy atom. The molecule has 1 unspecified atom stereocenters. The van der Waals surface area contributed by atoms with Crippen LogP contribution in [0.2, 0.25) is 19.6 Å². The molecule has 0 radical (unpaired) electrons. The minimum atomic E-state index is -2.11. The summed E-state index contributed by atoms with van der Waals surface area (Å²) in [4.78, 5) is 0. The van der Waals surface area contributed by atoms with E-state index in [0.717, 1.165) is 0 Å². The number of hydrogen-bond acceptors (Lipinski definition) is 1. The molecule has 1 nitrogen and oxygen atoms in total. The van der Waals surface area contributed by atoms with Crippen LogP contribution in [0, 0.1) is 0 Å². The van der Waals surface area contributed by atoms with Gasteiger partial charge < -0.3 is 0 Å². The molecule has 0 aromatic carbocycles. The van der Waals surface area contributed by atoms with E-state index in [1.54, 1.807) is 10.8 Å². The molecule has 1 aliphatic heterocycles. The molecule has 0 aromatic heterocycles. The second-order valence-corrected chi connectivity index (χ2v) is 12.9. The first-order valence-electron chi connectivity index (χ1n) is 5.49. The Kier molecular flexibility index (Phi) is 1.81. The average Bonchev–Trinajstić information content (AvgIpc) is 2.20. The van der Waals surface area contributed by atoms with Gasteiger partial charge in [-0.15, -0.1) is 0 Å². The fraction of sp³-hybridized carbons (Fsp3) is 0.818. The summed E-state index contributed by atoms with van der Waals surface area (Å²) in [5.74, 6) is 0. The normalized spacial score (nSPS) is 39.4. The Hall–Kier alpha value is -0.0831. The van der Waals surface area contributed by atoms with E-state index >= 15 is 0 Å². The first-order valence-corrected chi connectivity index (χ1v) is 9.40. The Bertz CT molecular complexity index is 270. The van der Waals surface area contributed by atoms with Crippen LogP contribution >= 0.6 is 0 Å². The molecule has 1 saturated carbocycles. The van der Waals surface area contributed by atoms with Crippen molar-refractivity contribution >= 4 is 7.59 Å². The number of hydrogen-bond donors (Lipinski definition) is 0. The van der Waals surface area contributed by atoms with Gasteiger partial charge in [-0.1, -0.05) is 0 Å². The van der Waals surface area contributed by atoms with Crippen molar-refractivity contribution in [1.82, 2.24) is 0 Å². The molecule has 2 rings (SSSR count). The van der Waals surface area contributed by atoms with Crippen LogP contribution in [0.1, 0.15) is 32.6 Å². The molecule has 1 aliphatic carbocycles. The van der Waals surface area contributed by atoms with Gasteiger partial charge in [-0.25, -0.2) is 0 Å². The summed E-state index contributed by atoms with van der Waals surface area (Å²) >= 11 is 0. The third kappa shape index (κ3) is 1.40. The molecule has 0 N–H and O–H groups in total. The summed E-state index contributed by atoms with van der Waals surface area (Å²) in [6.45, 7) is 9.40. The molecular weight excluding hydrogens is 176 g/mol. The Morgan fingerprint density at radius 1 is 1.23 bits per heavy atom. The van der Waals surface area contributed by atoms with Crippen LogP contribution in [0.25, 0.3) is 0 Å². The van der Waals surface area contributed by atoms with Crippen LogP contribution in [-0.2, 0) is 4.43 Å². The van der Waals surface area contributed by atoms with E-state index in [4.69, 9.17) is 4.43 Å². The van der Waals surface area contributed by atoms with E-state index in [-0.39, 0.29) is 0 Å². The summed E-state index contributed by atoms with van der Waals surface area (Å²) in [5.41, 5.74) is 1.66. The molecule has 0 amide bonds. The van der Waals surface area contributed by atoms with Crippen LogP contribution < -0.4 is 0 Å². The first-order chi connectivity index (χ1) is 5.88. The molecule has 76 valence electrons. The van der Waals surface area contributed by atoms with Gasteiger partial charge in [0.25, 0.3) is 0 Å². The van der Waals surface area contributed by atoms with E-state index in [0.29, 0.717) is 6.10 Å². The fourth-order valence-corrected chi connectivity index (χ4v) is 5.49. The first kappa shape index (κ1) is 9.47. The summed E-state index contributed by atoms with van der Waals surface area (Å²) in [6.07, 6.45) is 5.81. The minimum absolute atomic E-state index is 0.502. The van der Waals surface area contributed by atoms with E-state index in [2.05, 4.69) is 26.6 Å².